The molecule has 112 valence electrons. The fraction of sp³-hybridized carbons (Fsp3) is 0.647. The first-order valence-electron chi connectivity index (χ1n) is 7.89. The molecule has 1 aliphatic carbocycles. The maximum absolute atomic E-state index is 6.49. The summed E-state index contributed by atoms with van der Waals surface area (Å²) in [5.41, 5.74) is 8.63. The average molecular weight is 295 g/mol. The van der Waals surface area contributed by atoms with E-state index in [2.05, 4.69) is 24.9 Å². The van der Waals surface area contributed by atoms with Crippen LogP contribution in [0.25, 0.3) is 0 Å². The summed E-state index contributed by atoms with van der Waals surface area (Å²) < 4.78 is 0. The predicted octanol–water partition coefficient (Wildman–Crippen LogP) is 4.39. The van der Waals surface area contributed by atoms with Crippen molar-refractivity contribution in [1.82, 2.24) is 0 Å². The number of hydrogen-bond donors (Lipinski definition) is 1. The van der Waals surface area contributed by atoms with Gasteiger partial charge in [-0.1, -0.05) is 49.9 Å². The molecule has 1 aliphatic rings. The maximum Gasteiger partial charge on any atom is 0.0642 e. The third-order valence-corrected chi connectivity index (χ3v) is 4.86. The summed E-state index contributed by atoms with van der Waals surface area (Å²) in [7, 11) is 2.19. The number of nitrogens with two attached hydrogens (primary N) is 1. The first kappa shape index (κ1) is 15.7. The number of para-hydroxylation sites is 1. The van der Waals surface area contributed by atoms with Gasteiger partial charge in [-0.15, -0.1) is 0 Å². The van der Waals surface area contributed by atoms with Gasteiger partial charge in [0.1, 0.15) is 0 Å². The number of halogens is 1. The summed E-state index contributed by atoms with van der Waals surface area (Å²) in [6.45, 7) is 2.14. The van der Waals surface area contributed by atoms with Gasteiger partial charge < -0.3 is 10.6 Å². The lowest BCUT2D eigenvalue weighted by atomic mass is 9.93. The zero-order valence-electron chi connectivity index (χ0n) is 12.7. The predicted molar refractivity (Wildman–Crippen MR) is 88.7 cm³/mol. The van der Waals surface area contributed by atoms with Crippen molar-refractivity contribution >= 4 is 17.3 Å². The van der Waals surface area contributed by atoms with E-state index in [1.54, 1.807) is 0 Å². The highest BCUT2D eigenvalue weighted by Gasteiger charge is 2.22. The van der Waals surface area contributed by atoms with Crippen LogP contribution in [0.4, 0.5) is 5.69 Å². The van der Waals surface area contributed by atoms with Crippen LogP contribution in [-0.2, 0) is 6.42 Å². The molecule has 20 heavy (non-hydrogen) atoms. The molecule has 0 saturated heterocycles. The molecule has 0 radical (unpaired) electrons. The van der Waals surface area contributed by atoms with Crippen molar-refractivity contribution in [2.24, 2.45) is 5.73 Å². The number of nitrogens with zero attached hydrogens (tertiary/aromatic N) is 1. The fourth-order valence-corrected chi connectivity index (χ4v) is 3.52. The Bertz CT molecular complexity index is 427. The first-order valence-corrected chi connectivity index (χ1v) is 8.27. The van der Waals surface area contributed by atoms with E-state index >= 15 is 0 Å². The van der Waals surface area contributed by atoms with E-state index in [1.807, 2.05) is 12.1 Å². The molecule has 3 heteroatoms. The van der Waals surface area contributed by atoms with Crippen LogP contribution in [0, 0.1) is 0 Å². The van der Waals surface area contributed by atoms with Crippen molar-refractivity contribution < 1.29 is 0 Å². The molecular formula is C17H27ClN2. The minimum atomic E-state index is 0.215. The molecule has 1 aromatic rings. The average Bonchev–Trinajstić information content (AvgIpc) is 2.47. The number of hydrogen-bond acceptors (Lipinski definition) is 2. The lowest BCUT2D eigenvalue weighted by Crippen LogP contribution is -2.34. The standard InChI is InChI=1S/C17H27ClN2/c1-3-14(19)12-13-8-7-11-16(18)17(13)20(2)15-9-5-4-6-10-15/h7-8,11,14-15H,3-6,9-10,12,19H2,1-2H3. The highest BCUT2D eigenvalue weighted by molar-refractivity contribution is 6.33. The van der Waals surface area contributed by atoms with Crippen LogP contribution in [0.2, 0.25) is 5.02 Å². The SMILES string of the molecule is CCC(N)Cc1cccc(Cl)c1N(C)C1CCCCC1. The van der Waals surface area contributed by atoms with Crippen molar-refractivity contribution in [2.75, 3.05) is 11.9 Å². The molecule has 0 amide bonds. The molecule has 0 aliphatic heterocycles. The molecule has 1 aromatic carbocycles. The highest BCUT2D eigenvalue weighted by atomic mass is 35.5. The second kappa shape index (κ2) is 7.33. The monoisotopic (exact) mass is 294 g/mol. The molecule has 0 spiro atoms. The zero-order valence-corrected chi connectivity index (χ0v) is 13.5. The normalized spacial score (nSPS) is 18.0. The van der Waals surface area contributed by atoms with Gasteiger partial charge in [0.15, 0.2) is 0 Å². The van der Waals surface area contributed by atoms with Gasteiger partial charge in [-0.3, -0.25) is 0 Å². The van der Waals surface area contributed by atoms with Crippen molar-refractivity contribution in [3.8, 4) is 0 Å². The molecule has 0 bridgehead atoms. The van der Waals surface area contributed by atoms with Crippen molar-refractivity contribution in [1.29, 1.82) is 0 Å². The van der Waals surface area contributed by atoms with Gasteiger partial charge in [-0.05, 0) is 37.3 Å². The molecule has 0 aromatic heterocycles. The lowest BCUT2D eigenvalue weighted by molar-refractivity contribution is 0.427. The van der Waals surface area contributed by atoms with Gasteiger partial charge in [0, 0.05) is 19.1 Å². The molecule has 1 unspecified atom stereocenters. The van der Waals surface area contributed by atoms with Crippen LogP contribution >= 0.6 is 11.6 Å². The number of rotatable bonds is 5. The summed E-state index contributed by atoms with van der Waals surface area (Å²) in [5.74, 6) is 0. The Morgan fingerprint density at radius 2 is 2.00 bits per heavy atom. The minimum absolute atomic E-state index is 0.215. The summed E-state index contributed by atoms with van der Waals surface area (Å²) in [6, 6.07) is 7.05. The lowest BCUT2D eigenvalue weighted by Gasteiger charge is -2.35. The Kier molecular flexibility index (Phi) is 5.74. The molecule has 2 N–H and O–H groups in total. The summed E-state index contributed by atoms with van der Waals surface area (Å²) in [4.78, 5) is 2.40. The largest absolute Gasteiger partial charge is 0.370 e. The quantitative estimate of drug-likeness (QED) is 0.873. The summed E-state index contributed by atoms with van der Waals surface area (Å²) in [6.07, 6.45) is 8.51. The van der Waals surface area contributed by atoms with Crippen LogP contribution in [0.1, 0.15) is 51.0 Å². The molecule has 0 heterocycles. The fourth-order valence-electron chi connectivity index (χ4n) is 3.20. The topological polar surface area (TPSA) is 29.3 Å². The Hall–Kier alpha value is -0.730. The highest BCUT2D eigenvalue weighted by Crippen LogP contribution is 2.34. The Labute approximate surface area is 128 Å². The smallest absolute Gasteiger partial charge is 0.0642 e. The third-order valence-electron chi connectivity index (χ3n) is 4.55. The Morgan fingerprint density at radius 1 is 1.30 bits per heavy atom. The van der Waals surface area contributed by atoms with Crippen LogP contribution < -0.4 is 10.6 Å². The first-order chi connectivity index (χ1) is 9.63. The van der Waals surface area contributed by atoms with Gasteiger partial charge >= 0.3 is 0 Å². The minimum Gasteiger partial charge on any atom is -0.370 e. The number of anilines is 1. The van der Waals surface area contributed by atoms with E-state index in [4.69, 9.17) is 17.3 Å². The van der Waals surface area contributed by atoms with Crippen LogP contribution in [0.15, 0.2) is 18.2 Å². The summed E-state index contributed by atoms with van der Waals surface area (Å²) >= 11 is 6.49. The number of benzene rings is 1. The molecule has 2 rings (SSSR count). The van der Waals surface area contributed by atoms with Gasteiger partial charge in [-0.2, -0.15) is 0 Å². The van der Waals surface area contributed by atoms with E-state index < -0.39 is 0 Å². The Balaban J connectivity index is 2.23. The van der Waals surface area contributed by atoms with Gasteiger partial charge in [0.05, 0.1) is 10.7 Å². The van der Waals surface area contributed by atoms with Crippen molar-refractivity contribution in [3.05, 3.63) is 28.8 Å². The molecule has 2 nitrogen and oxygen atoms in total. The maximum atomic E-state index is 6.49. The van der Waals surface area contributed by atoms with E-state index in [0.717, 1.165) is 17.9 Å². The third kappa shape index (κ3) is 3.67. The summed E-state index contributed by atoms with van der Waals surface area (Å²) in [5, 5.41) is 0.860. The Morgan fingerprint density at radius 3 is 2.65 bits per heavy atom. The van der Waals surface area contributed by atoms with Crippen LogP contribution in [0.3, 0.4) is 0 Å². The zero-order chi connectivity index (χ0) is 14.5. The second-order valence-corrected chi connectivity index (χ2v) is 6.43. The molecular weight excluding hydrogens is 268 g/mol. The van der Waals surface area contributed by atoms with Gasteiger partial charge in [0.2, 0.25) is 0 Å². The van der Waals surface area contributed by atoms with E-state index in [-0.39, 0.29) is 6.04 Å². The van der Waals surface area contributed by atoms with Crippen LogP contribution in [0.5, 0.6) is 0 Å². The van der Waals surface area contributed by atoms with Gasteiger partial charge in [0.25, 0.3) is 0 Å². The van der Waals surface area contributed by atoms with Crippen LogP contribution in [-0.4, -0.2) is 19.1 Å². The molecule has 1 atom stereocenters. The van der Waals surface area contributed by atoms with E-state index in [9.17, 15) is 0 Å². The van der Waals surface area contributed by atoms with E-state index in [0.29, 0.717) is 6.04 Å². The van der Waals surface area contributed by atoms with Crippen molar-refractivity contribution in [2.45, 2.75) is 64.0 Å². The van der Waals surface area contributed by atoms with E-state index in [1.165, 1.54) is 43.4 Å². The second-order valence-electron chi connectivity index (χ2n) is 6.02. The molecule has 1 fully saturated rings. The van der Waals surface area contributed by atoms with Crippen molar-refractivity contribution in [3.63, 3.8) is 0 Å². The molecule has 1 saturated carbocycles. The van der Waals surface area contributed by atoms with Gasteiger partial charge in [-0.25, -0.2) is 0 Å².